The van der Waals surface area contributed by atoms with Crippen LogP contribution < -0.4 is 10.1 Å². The first-order valence-electron chi connectivity index (χ1n) is 11.2. The van der Waals surface area contributed by atoms with E-state index >= 15 is 0 Å². The number of aromatic nitrogens is 3. The first-order chi connectivity index (χ1) is 16.5. The molecule has 10 nitrogen and oxygen atoms in total. The van der Waals surface area contributed by atoms with E-state index in [1.165, 1.54) is 10.6 Å². The van der Waals surface area contributed by atoms with Crippen LogP contribution in [0.25, 0.3) is 16.9 Å². The first-order valence-corrected chi connectivity index (χ1v) is 11.6. The summed E-state index contributed by atoms with van der Waals surface area (Å²) in [7, 11) is 0. The number of nitrogens with one attached hydrogen (secondary N) is 1. The number of hydrogen-bond acceptors (Lipinski definition) is 8. The summed E-state index contributed by atoms with van der Waals surface area (Å²) in [5.41, 5.74) is 1.67. The lowest BCUT2D eigenvalue weighted by Gasteiger charge is -2.29. The molecule has 0 spiro atoms. The largest absolute Gasteiger partial charge is 0.490 e. The third-order valence-electron chi connectivity index (χ3n) is 5.30. The Hall–Kier alpha value is -3.37. The molecule has 3 heterocycles. The van der Waals surface area contributed by atoms with Gasteiger partial charge < -0.3 is 24.6 Å². The normalized spacial score (nSPS) is 14.1. The van der Waals surface area contributed by atoms with Crippen LogP contribution in [-0.2, 0) is 14.3 Å². The van der Waals surface area contributed by atoms with E-state index in [1.54, 1.807) is 26.0 Å². The van der Waals surface area contributed by atoms with Gasteiger partial charge in [-0.3, -0.25) is 0 Å². The number of ether oxygens (including phenoxy) is 3. The first kappa shape index (κ1) is 24.7. The third-order valence-corrected chi connectivity index (χ3v) is 5.70. The van der Waals surface area contributed by atoms with Crippen molar-refractivity contribution < 1.29 is 28.9 Å². The van der Waals surface area contributed by atoms with Crippen molar-refractivity contribution in [3.63, 3.8) is 0 Å². The molecule has 4 rings (SSSR count). The molecule has 11 heteroatoms. The molecule has 2 N–H and O–H groups in total. The molecule has 2 aromatic heterocycles. The number of fused-ring (bicyclic) bond motifs is 2. The average Bonchev–Trinajstić information content (AvgIpc) is 3.21. The van der Waals surface area contributed by atoms with Crippen molar-refractivity contribution >= 4 is 34.9 Å². The van der Waals surface area contributed by atoms with Crippen LogP contribution in [0.5, 0.6) is 5.75 Å². The van der Waals surface area contributed by atoms with Crippen molar-refractivity contribution in [3.05, 3.63) is 40.2 Å². The van der Waals surface area contributed by atoms with Gasteiger partial charge in [0, 0.05) is 29.4 Å². The lowest BCUT2D eigenvalue weighted by molar-refractivity contribution is -0.166. The molecule has 1 aromatic carbocycles. The standard InChI is InChI=1S/C24H27ClN4O6/c1-6-33-23(32)21(35-24(3,4)5)17-12(2)27-16-11-14(22(30)31)28-29(16)20(17)13-7-8-15-19(18(13)25)26-9-10-34-15/h7-8,11,21,26H,6,9-10H2,1-5H3,(H,30,31). The summed E-state index contributed by atoms with van der Waals surface area (Å²) in [4.78, 5) is 29.4. The molecule has 0 saturated carbocycles. The zero-order chi connectivity index (χ0) is 25.5. The molecule has 0 amide bonds. The van der Waals surface area contributed by atoms with Gasteiger partial charge in [-0.15, -0.1) is 0 Å². The summed E-state index contributed by atoms with van der Waals surface area (Å²) in [5.74, 6) is -1.22. The maximum Gasteiger partial charge on any atom is 0.356 e. The fourth-order valence-electron chi connectivity index (χ4n) is 3.97. The van der Waals surface area contributed by atoms with Gasteiger partial charge in [0.15, 0.2) is 17.4 Å². The van der Waals surface area contributed by atoms with Gasteiger partial charge in [-0.2, -0.15) is 5.10 Å². The molecule has 1 atom stereocenters. The lowest BCUT2D eigenvalue weighted by atomic mass is 9.98. The van der Waals surface area contributed by atoms with Crippen LogP contribution >= 0.6 is 11.6 Å². The number of hydrogen-bond donors (Lipinski definition) is 2. The minimum absolute atomic E-state index is 0.151. The molecule has 1 aliphatic rings. The fourth-order valence-corrected chi connectivity index (χ4v) is 4.28. The van der Waals surface area contributed by atoms with E-state index in [0.717, 1.165) is 0 Å². The Kier molecular flexibility index (Phi) is 6.61. The number of carboxylic acid groups (broad SMARTS) is 1. The molecule has 3 aromatic rings. The van der Waals surface area contributed by atoms with Crippen molar-refractivity contribution in [1.82, 2.24) is 14.6 Å². The van der Waals surface area contributed by atoms with Crippen LogP contribution in [0.15, 0.2) is 18.2 Å². The minimum Gasteiger partial charge on any atom is -0.490 e. The number of rotatable bonds is 6. The number of aromatic carboxylic acids is 1. The van der Waals surface area contributed by atoms with Crippen molar-refractivity contribution in [2.75, 3.05) is 25.1 Å². The topological polar surface area (TPSA) is 124 Å². The summed E-state index contributed by atoms with van der Waals surface area (Å²) in [6, 6.07) is 4.87. The Bertz CT molecular complexity index is 1310. The second-order valence-electron chi connectivity index (χ2n) is 9.00. The quantitative estimate of drug-likeness (QED) is 0.475. The molecular formula is C24H27ClN4O6. The summed E-state index contributed by atoms with van der Waals surface area (Å²) in [6.07, 6.45) is -1.17. The van der Waals surface area contributed by atoms with E-state index in [9.17, 15) is 14.7 Å². The predicted octanol–water partition coefficient (Wildman–Crippen LogP) is 4.28. The molecular weight excluding hydrogens is 476 g/mol. The number of carbonyl (C=O) groups is 2. The highest BCUT2D eigenvalue weighted by Crippen LogP contribution is 2.44. The van der Waals surface area contributed by atoms with Gasteiger partial charge in [-0.25, -0.2) is 19.1 Å². The molecule has 1 unspecified atom stereocenters. The van der Waals surface area contributed by atoms with Gasteiger partial charge in [0.25, 0.3) is 0 Å². The molecule has 186 valence electrons. The molecule has 0 bridgehead atoms. The highest BCUT2D eigenvalue weighted by Gasteiger charge is 2.35. The van der Waals surface area contributed by atoms with E-state index in [4.69, 9.17) is 25.8 Å². The predicted molar refractivity (Wildman–Crippen MR) is 129 cm³/mol. The number of carbonyl (C=O) groups excluding carboxylic acids is 1. The number of aryl methyl sites for hydroxylation is 1. The van der Waals surface area contributed by atoms with E-state index < -0.39 is 23.6 Å². The second-order valence-corrected chi connectivity index (χ2v) is 9.38. The third kappa shape index (κ3) is 4.76. The van der Waals surface area contributed by atoms with Crippen LogP contribution in [-0.4, -0.2) is 57.0 Å². The highest BCUT2D eigenvalue weighted by molar-refractivity contribution is 6.36. The van der Waals surface area contributed by atoms with E-state index in [1.807, 2.05) is 20.8 Å². The summed E-state index contributed by atoms with van der Waals surface area (Å²) < 4.78 is 18.6. The van der Waals surface area contributed by atoms with Crippen LogP contribution in [0.3, 0.4) is 0 Å². The fraction of sp³-hybridized carbons (Fsp3) is 0.417. The van der Waals surface area contributed by atoms with Crippen LogP contribution in [0.4, 0.5) is 5.69 Å². The van der Waals surface area contributed by atoms with Crippen LogP contribution in [0, 0.1) is 6.92 Å². The Morgan fingerprint density at radius 2 is 2.09 bits per heavy atom. The Morgan fingerprint density at radius 1 is 1.34 bits per heavy atom. The Balaban J connectivity index is 2.08. The van der Waals surface area contributed by atoms with Gasteiger partial charge in [-0.05, 0) is 46.8 Å². The average molecular weight is 503 g/mol. The Morgan fingerprint density at radius 3 is 2.74 bits per heavy atom. The zero-order valence-electron chi connectivity index (χ0n) is 20.1. The number of carboxylic acids is 1. The number of nitrogens with zero attached hydrogens (tertiary/aromatic N) is 3. The SMILES string of the molecule is CCOC(=O)C(OC(C)(C)C)c1c(C)nc2cc(C(=O)O)nn2c1-c1ccc2c(c1Cl)NCCO2. The van der Waals surface area contributed by atoms with Crippen molar-refractivity contribution in [2.45, 2.75) is 46.3 Å². The molecule has 0 radical (unpaired) electrons. The maximum absolute atomic E-state index is 13.2. The number of esters is 1. The van der Waals surface area contributed by atoms with Gasteiger partial charge in [0.05, 0.1) is 28.6 Å². The van der Waals surface area contributed by atoms with Crippen molar-refractivity contribution in [3.8, 4) is 17.0 Å². The van der Waals surface area contributed by atoms with Gasteiger partial charge in [0.2, 0.25) is 0 Å². The zero-order valence-corrected chi connectivity index (χ0v) is 20.9. The summed E-state index contributed by atoms with van der Waals surface area (Å²) in [6.45, 7) is 10.1. The van der Waals surface area contributed by atoms with E-state index in [2.05, 4.69) is 15.4 Å². The number of anilines is 1. The molecule has 0 aliphatic carbocycles. The number of halogens is 1. The van der Waals surface area contributed by atoms with Crippen LogP contribution in [0.2, 0.25) is 5.02 Å². The van der Waals surface area contributed by atoms with Gasteiger partial charge in [-0.1, -0.05) is 11.6 Å². The van der Waals surface area contributed by atoms with Gasteiger partial charge in [0.1, 0.15) is 12.4 Å². The summed E-state index contributed by atoms with van der Waals surface area (Å²) >= 11 is 6.86. The van der Waals surface area contributed by atoms with Crippen molar-refractivity contribution in [2.24, 2.45) is 0 Å². The highest BCUT2D eigenvalue weighted by atomic mass is 35.5. The van der Waals surface area contributed by atoms with E-state index in [-0.39, 0.29) is 17.9 Å². The molecule has 35 heavy (non-hydrogen) atoms. The summed E-state index contributed by atoms with van der Waals surface area (Å²) in [5, 5.41) is 17.4. The Labute approximate surface area is 207 Å². The maximum atomic E-state index is 13.2. The minimum atomic E-state index is -1.21. The van der Waals surface area contributed by atoms with Crippen molar-refractivity contribution in [1.29, 1.82) is 0 Å². The molecule has 0 saturated heterocycles. The smallest absolute Gasteiger partial charge is 0.356 e. The monoisotopic (exact) mass is 502 g/mol. The molecule has 1 aliphatic heterocycles. The second kappa shape index (κ2) is 9.35. The van der Waals surface area contributed by atoms with Crippen LogP contribution in [0.1, 0.15) is 55.5 Å². The number of benzene rings is 1. The lowest BCUT2D eigenvalue weighted by Crippen LogP contribution is -2.30. The van der Waals surface area contributed by atoms with Gasteiger partial charge >= 0.3 is 11.9 Å². The molecule has 0 fully saturated rings. The van der Waals surface area contributed by atoms with E-state index in [0.29, 0.717) is 52.1 Å².